The Bertz CT molecular complexity index is 1270. The number of nitrogens with zero attached hydrogens (tertiary/aromatic N) is 4. The number of anilines is 1. The molecule has 14 nitrogen and oxygen atoms in total. The number of nitrogens with one attached hydrogen (secondary N) is 1. The maximum atomic E-state index is 11.8. The Hall–Kier alpha value is -2.18. The van der Waals surface area contributed by atoms with Crippen LogP contribution < -0.4 is 5.32 Å². The highest BCUT2D eigenvalue weighted by atomic mass is 31.2. The predicted octanol–water partition coefficient (Wildman–Crippen LogP) is 0.0728. The van der Waals surface area contributed by atoms with Crippen LogP contribution in [0.4, 0.5) is 5.82 Å². The lowest BCUT2D eigenvalue weighted by molar-refractivity contribution is -0.121. The van der Waals surface area contributed by atoms with Crippen molar-refractivity contribution in [3.05, 3.63) is 12.0 Å². The third-order valence-corrected chi connectivity index (χ3v) is 8.29. The van der Waals surface area contributed by atoms with Crippen molar-refractivity contribution in [3.63, 3.8) is 0 Å². The van der Waals surface area contributed by atoms with Crippen LogP contribution in [0.1, 0.15) is 58.5 Å². The van der Waals surface area contributed by atoms with Gasteiger partial charge in [0, 0.05) is 11.5 Å². The van der Waals surface area contributed by atoms with E-state index in [0.717, 1.165) is 25.7 Å². The minimum absolute atomic E-state index is 0.235. The zero-order valence-electron chi connectivity index (χ0n) is 22.1. The number of aromatic nitrogens is 4. The lowest BCUT2D eigenvalue weighted by Gasteiger charge is -2.31. The van der Waals surface area contributed by atoms with E-state index in [9.17, 15) is 34.8 Å². The molecule has 0 amide bonds. The molecule has 216 valence electrons. The van der Waals surface area contributed by atoms with E-state index in [2.05, 4.69) is 32.2 Å². The van der Waals surface area contributed by atoms with Gasteiger partial charge in [0.15, 0.2) is 11.9 Å². The number of aliphatic hydroxyl groups is 4. The Morgan fingerprint density at radius 1 is 1.15 bits per heavy atom. The van der Waals surface area contributed by atoms with Gasteiger partial charge >= 0.3 is 7.60 Å². The number of ether oxygens (including phenoxy) is 2. The molecule has 2 aromatic heterocycles. The Morgan fingerprint density at radius 2 is 1.82 bits per heavy atom. The monoisotopic (exact) mass is 569 g/mol. The summed E-state index contributed by atoms with van der Waals surface area (Å²) < 4.78 is 24.1. The van der Waals surface area contributed by atoms with Crippen molar-refractivity contribution in [2.45, 2.75) is 82.4 Å². The second kappa shape index (κ2) is 11.4. The van der Waals surface area contributed by atoms with E-state index in [1.165, 1.54) is 10.9 Å². The molecule has 0 aromatic carbocycles. The molecule has 39 heavy (non-hydrogen) atoms. The standard InChI is InChI=1S/C24H36N5O9P/c1-23(2,3)9-8-17-27-20(26-14-6-4-5-7-14)15-10-25-29(21(15)28-17)22-19(33)18(32)16(38-22)11-37-24(12-30,13-31)39(34,35)36/h10,14,16,18-19,22,30-33H,4-7,11-13H2,1-3H3,(H,26,27,28)(H2,34,35,36)/t16-,18-,19-,22-/m1/s1. The maximum absolute atomic E-state index is 11.8. The Morgan fingerprint density at radius 3 is 2.41 bits per heavy atom. The zero-order valence-corrected chi connectivity index (χ0v) is 23.0. The molecule has 4 rings (SSSR count). The molecule has 2 aliphatic rings. The molecule has 1 aliphatic heterocycles. The van der Waals surface area contributed by atoms with Gasteiger partial charge in [-0.25, -0.2) is 14.6 Å². The van der Waals surface area contributed by atoms with Gasteiger partial charge in [-0.15, -0.1) is 0 Å². The third kappa shape index (κ3) is 6.27. The van der Waals surface area contributed by atoms with Gasteiger partial charge in [-0.3, -0.25) is 4.57 Å². The fourth-order valence-corrected chi connectivity index (χ4v) is 5.11. The molecule has 2 fully saturated rings. The van der Waals surface area contributed by atoms with Crippen LogP contribution in [-0.2, 0) is 14.0 Å². The molecule has 0 unspecified atom stereocenters. The minimum atomic E-state index is -5.11. The van der Waals surface area contributed by atoms with Crippen molar-refractivity contribution in [1.82, 2.24) is 19.7 Å². The molecule has 1 saturated heterocycles. The number of hydrogen-bond donors (Lipinski definition) is 7. The van der Waals surface area contributed by atoms with Gasteiger partial charge in [-0.1, -0.05) is 18.8 Å². The fourth-order valence-electron chi connectivity index (χ4n) is 4.50. The average molecular weight is 570 g/mol. The molecule has 7 N–H and O–H groups in total. The SMILES string of the molecule is CC(C)(C)C#Cc1nc(NC2CCCC2)c2cnn([C@@H]3O[C@H](COC(CO)(CO)P(=O)(O)O)[C@@H](O)[C@H]3O)c2n1. The van der Waals surface area contributed by atoms with Crippen LogP contribution in [-0.4, -0.2) is 99.5 Å². The van der Waals surface area contributed by atoms with Gasteiger partial charge < -0.3 is 45.0 Å². The second-order valence-electron chi connectivity index (χ2n) is 11.0. The normalized spacial score (nSPS) is 24.7. The molecule has 2 aromatic rings. The van der Waals surface area contributed by atoms with Crippen LogP contribution in [0.15, 0.2) is 6.20 Å². The molecular weight excluding hydrogens is 533 g/mol. The third-order valence-electron chi connectivity index (χ3n) is 6.82. The Balaban J connectivity index is 1.65. The number of aliphatic hydroxyl groups excluding tert-OH is 4. The van der Waals surface area contributed by atoms with Gasteiger partial charge in [0.05, 0.1) is 31.4 Å². The maximum Gasteiger partial charge on any atom is 0.361 e. The van der Waals surface area contributed by atoms with E-state index in [1.54, 1.807) is 0 Å². The molecule has 1 aliphatic carbocycles. The summed E-state index contributed by atoms with van der Waals surface area (Å²) in [6.45, 7) is 2.87. The van der Waals surface area contributed by atoms with Crippen molar-refractivity contribution in [3.8, 4) is 11.8 Å². The summed E-state index contributed by atoms with van der Waals surface area (Å²) in [6, 6.07) is 0.235. The second-order valence-corrected chi connectivity index (χ2v) is 12.9. The Labute approximate surface area is 225 Å². The van der Waals surface area contributed by atoms with Crippen LogP contribution in [0.3, 0.4) is 0 Å². The molecule has 0 bridgehead atoms. The first-order chi connectivity index (χ1) is 18.3. The van der Waals surface area contributed by atoms with E-state index in [4.69, 9.17) is 9.47 Å². The summed E-state index contributed by atoms with van der Waals surface area (Å²) >= 11 is 0. The van der Waals surface area contributed by atoms with Crippen LogP contribution in [0.2, 0.25) is 0 Å². The van der Waals surface area contributed by atoms with Gasteiger partial charge in [-0.05, 0) is 39.5 Å². The van der Waals surface area contributed by atoms with E-state index >= 15 is 0 Å². The van der Waals surface area contributed by atoms with Crippen LogP contribution >= 0.6 is 7.60 Å². The van der Waals surface area contributed by atoms with Crippen LogP contribution in [0.5, 0.6) is 0 Å². The molecule has 3 heterocycles. The topological polar surface area (TPSA) is 213 Å². The van der Waals surface area contributed by atoms with Crippen molar-refractivity contribution in [2.24, 2.45) is 5.41 Å². The zero-order chi connectivity index (χ0) is 28.6. The molecular formula is C24H36N5O9P. The van der Waals surface area contributed by atoms with Crippen molar-refractivity contribution in [2.75, 3.05) is 25.1 Å². The van der Waals surface area contributed by atoms with Gasteiger partial charge in [0.25, 0.3) is 0 Å². The fraction of sp³-hybridized carbons (Fsp3) is 0.708. The van der Waals surface area contributed by atoms with Crippen LogP contribution in [0, 0.1) is 17.3 Å². The Kier molecular flexibility index (Phi) is 8.68. The lowest BCUT2D eigenvalue weighted by Crippen LogP contribution is -2.44. The molecule has 15 heteroatoms. The smallest absolute Gasteiger partial charge is 0.361 e. The molecule has 4 atom stereocenters. The first kappa shape index (κ1) is 29.8. The summed E-state index contributed by atoms with van der Waals surface area (Å²) in [7, 11) is -5.11. The quantitative estimate of drug-likeness (QED) is 0.158. The average Bonchev–Trinajstić information content (AvgIpc) is 3.59. The number of fused-ring (bicyclic) bond motifs is 1. The summed E-state index contributed by atoms with van der Waals surface area (Å²) in [6.07, 6.45) is 0.178. The number of hydrogen-bond acceptors (Lipinski definition) is 11. The minimum Gasteiger partial charge on any atom is -0.393 e. The number of rotatable bonds is 9. The summed E-state index contributed by atoms with van der Waals surface area (Å²) in [5.41, 5.74) is 0.00216. The largest absolute Gasteiger partial charge is 0.393 e. The van der Waals surface area contributed by atoms with Gasteiger partial charge in [0.1, 0.15) is 24.1 Å². The van der Waals surface area contributed by atoms with Gasteiger partial charge in [0.2, 0.25) is 11.2 Å². The van der Waals surface area contributed by atoms with E-state index in [-0.39, 0.29) is 17.3 Å². The van der Waals surface area contributed by atoms with Gasteiger partial charge in [-0.2, -0.15) is 5.10 Å². The molecule has 1 saturated carbocycles. The highest BCUT2D eigenvalue weighted by molar-refractivity contribution is 7.53. The van der Waals surface area contributed by atoms with Crippen molar-refractivity contribution < 1.29 is 44.3 Å². The van der Waals surface area contributed by atoms with Crippen molar-refractivity contribution in [1.29, 1.82) is 0 Å². The summed E-state index contributed by atoms with van der Waals surface area (Å²) in [5, 5.41) is 46.2. The lowest BCUT2D eigenvalue weighted by atomic mass is 9.98. The van der Waals surface area contributed by atoms with Crippen molar-refractivity contribution >= 4 is 24.4 Å². The highest BCUT2D eigenvalue weighted by Crippen LogP contribution is 2.51. The van der Waals surface area contributed by atoms with Crippen LogP contribution in [0.25, 0.3) is 11.0 Å². The predicted molar refractivity (Wildman–Crippen MR) is 138 cm³/mol. The van der Waals surface area contributed by atoms with E-state index < -0.39 is 57.3 Å². The molecule has 0 spiro atoms. The first-order valence-electron chi connectivity index (χ1n) is 12.8. The van der Waals surface area contributed by atoms with E-state index in [1.807, 2.05) is 20.8 Å². The first-order valence-corrected chi connectivity index (χ1v) is 14.4. The molecule has 0 radical (unpaired) electrons. The van der Waals surface area contributed by atoms with E-state index in [0.29, 0.717) is 16.9 Å². The summed E-state index contributed by atoms with van der Waals surface area (Å²) in [4.78, 5) is 28.3. The highest BCUT2D eigenvalue weighted by Gasteiger charge is 2.51. The summed E-state index contributed by atoms with van der Waals surface area (Å²) in [5.74, 6) is 6.89.